The third-order valence-corrected chi connectivity index (χ3v) is 5.14. The number of carbonyl (C=O) groups is 3. The molecule has 2 aliphatic rings. The van der Waals surface area contributed by atoms with Crippen LogP contribution in [0.1, 0.15) is 25.7 Å². The van der Waals surface area contributed by atoms with Gasteiger partial charge in [0.2, 0.25) is 5.91 Å². The van der Waals surface area contributed by atoms with Crippen molar-refractivity contribution in [2.45, 2.75) is 37.8 Å². The molecule has 0 bridgehead atoms. The first kappa shape index (κ1) is 21.5. The summed E-state index contributed by atoms with van der Waals surface area (Å²) in [6, 6.07) is 5.58. The van der Waals surface area contributed by atoms with Gasteiger partial charge in [0.25, 0.3) is 5.91 Å². The molecular formula is C18H24Cl2N4O3. The van der Waals surface area contributed by atoms with E-state index in [1.54, 1.807) is 24.3 Å². The van der Waals surface area contributed by atoms with Crippen LogP contribution in [-0.4, -0.2) is 55.0 Å². The first-order chi connectivity index (χ1) is 12.5. The summed E-state index contributed by atoms with van der Waals surface area (Å²) >= 11 is 5.85. The van der Waals surface area contributed by atoms with E-state index in [9.17, 15) is 14.4 Å². The lowest BCUT2D eigenvalue weighted by Gasteiger charge is -2.25. The quantitative estimate of drug-likeness (QED) is 0.698. The maximum Gasteiger partial charge on any atom is 0.329 e. The second-order valence-corrected chi connectivity index (χ2v) is 7.07. The van der Waals surface area contributed by atoms with E-state index >= 15 is 0 Å². The van der Waals surface area contributed by atoms with Gasteiger partial charge in [-0.2, -0.15) is 0 Å². The van der Waals surface area contributed by atoms with Crippen LogP contribution in [0.15, 0.2) is 24.3 Å². The maximum atomic E-state index is 12.6. The van der Waals surface area contributed by atoms with Crippen molar-refractivity contribution in [3.05, 3.63) is 29.3 Å². The Kier molecular flexibility index (Phi) is 7.47. The van der Waals surface area contributed by atoms with E-state index in [0.29, 0.717) is 17.1 Å². The van der Waals surface area contributed by atoms with E-state index in [0.717, 1.165) is 30.8 Å². The molecule has 4 amide bonds. The van der Waals surface area contributed by atoms with Crippen molar-refractivity contribution in [2.24, 2.45) is 0 Å². The highest BCUT2D eigenvalue weighted by Gasteiger charge is 2.39. The van der Waals surface area contributed by atoms with Gasteiger partial charge in [-0.1, -0.05) is 11.6 Å². The van der Waals surface area contributed by atoms with E-state index in [1.165, 1.54) is 0 Å². The summed E-state index contributed by atoms with van der Waals surface area (Å²) in [6.45, 7) is 1.53. The highest BCUT2D eigenvalue weighted by atomic mass is 35.5. The molecule has 0 saturated carbocycles. The molecular weight excluding hydrogens is 391 g/mol. The number of likely N-dealkylation sites (N-methyl/N-ethyl adjacent to an activating group) is 1. The van der Waals surface area contributed by atoms with Crippen LogP contribution in [0, 0.1) is 0 Å². The molecule has 0 radical (unpaired) electrons. The Hall–Kier alpha value is -1.83. The molecule has 3 rings (SSSR count). The van der Waals surface area contributed by atoms with E-state index < -0.39 is 12.1 Å². The average molecular weight is 415 g/mol. The average Bonchev–Trinajstić information content (AvgIpc) is 3.19. The summed E-state index contributed by atoms with van der Waals surface area (Å²) in [5.41, 5.74) is 0.472. The number of rotatable bonds is 6. The molecule has 0 spiro atoms. The van der Waals surface area contributed by atoms with Crippen LogP contribution in [0.4, 0.5) is 10.5 Å². The molecule has 1 aromatic carbocycles. The molecule has 2 saturated heterocycles. The maximum absolute atomic E-state index is 12.6. The summed E-state index contributed by atoms with van der Waals surface area (Å²) in [6.07, 6.45) is 2.54. The first-order valence-corrected chi connectivity index (χ1v) is 9.23. The van der Waals surface area contributed by atoms with Crippen molar-refractivity contribution in [2.75, 3.05) is 25.0 Å². The van der Waals surface area contributed by atoms with E-state index in [1.807, 2.05) is 11.9 Å². The second-order valence-electron chi connectivity index (χ2n) is 6.63. The Labute approximate surface area is 169 Å². The summed E-state index contributed by atoms with van der Waals surface area (Å²) in [5.74, 6) is -0.298. The van der Waals surface area contributed by atoms with E-state index in [4.69, 9.17) is 11.6 Å². The molecule has 148 valence electrons. The van der Waals surface area contributed by atoms with Crippen molar-refractivity contribution in [1.82, 2.24) is 15.5 Å². The normalized spacial score (nSPS) is 22.0. The van der Waals surface area contributed by atoms with Crippen molar-refractivity contribution in [3.63, 3.8) is 0 Å². The van der Waals surface area contributed by atoms with E-state index in [2.05, 4.69) is 10.6 Å². The van der Waals surface area contributed by atoms with Gasteiger partial charge in [0, 0.05) is 30.6 Å². The fraction of sp³-hybridized carbons (Fsp3) is 0.500. The third kappa shape index (κ3) is 4.72. The minimum Gasteiger partial charge on any atom is -0.338 e. The van der Waals surface area contributed by atoms with Gasteiger partial charge in [0.15, 0.2) is 0 Å². The Morgan fingerprint density at radius 3 is 2.67 bits per heavy atom. The minimum atomic E-state index is -0.674. The number of hydrogen-bond donors (Lipinski definition) is 2. The number of carbonyl (C=O) groups excluding carboxylic acids is 3. The van der Waals surface area contributed by atoms with Crippen LogP contribution in [0.2, 0.25) is 5.02 Å². The zero-order valence-corrected chi connectivity index (χ0v) is 16.7. The first-order valence-electron chi connectivity index (χ1n) is 8.85. The number of benzene rings is 1. The fourth-order valence-corrected chi connectivity index (χ4v) is 3.71. The van der Waals surface area contributed by atoms with Gasteiger partial charge in [-0.3, -0.25) is 9.59 Å². The molecule has 2 unspecified atom stereocenters. The Morgan fingerprint density at radius 2 is 2.00 bits per heavy atom. The number of amides is 4. The number of nitrogens with zero attached hydrogens (tertiary/aromatic N) is 2. The number of anilines is 1. The second kappa shape index (κ2) is 9.39. The molecule has 0 aromatic heterocycles. The predicted octanol–water partition coefficient (Wildman–Crippen LogP) is 2.18. The van der Waals surface area contributed by atoms with Crippen LogP contribution in [0.5, 0.6) is 0 Å². The third-order valence-electron chi connectivity index (χ3n) is 4.89. The fourth-order valence-electron chi connectivity index (χ4n) is 3.58. The van der Waals surface area contributed by atoms with Gasteiger partial charge < -0.3 is 15.5 Å². The largest absolute Gasteiger partial charge is 0.338 e. The van der Waals surface area contributed by atoms with Crippen molar-refractivity contribution >= 4 is 47.5 Å². The summed E-state index contributed by atoms with van der Waals surface area (Å²) < 4.78 is 0. The lowest BCUT2D eigenvalue weighted by atomic mass is 10.1. The number of hydrogen-bond acceptors (Lipinski definition) is 4. The summed E-state index contributed by atoms with van der Waals surface area (Å²) in [5, 5.41) is 6.31. The van der Waals surface area contributed by atoms with Crippen LogP contribution >= 0.6 is 24.0 Å². The topological polar surface area (TPSA) is 81.8 Å². The highest BCUT2D eigenvalue weighted by molar-refractivity contribution is 6.30. The van der Waals surface area contributed by atoms with Crippen LogP contribution < -0.4 is 15.5 Å². The number of likely N-dealkylation sites (tertiary alicyclic amines) is 1. The van der Waals surface area contributed by atoms with Gasteiger partial charge in [0.1, 0.15) is 6.04 Å². The van der Waals surface area contributed by atoms with Crippen molar-refractivity contribution in [3.8, 4) is 0 Å². The van der Waals surface area contributed by atoms with Gasteiger partial charge in [0.05, 0.1) is 5.69 Å². The molecule has 0 aliphatic carbocycles. The Morgan fingerprint density at radius 1 is 1.30 bits per heavy atom. The predicted molar refractivity (Wildman–Crippen MR) is 106 cm³/mol. The number of nitrogens with one attached hydrogen (secondary N) is 2. The van der Waals surface area contributed by atoms with Gasteiger partial charge in [-0.15, -0.1) is 12.4 Å². The summed E-state index contributed by atoms with van der Waals surface area (Å²) in [4.78, 5) is 40.2. The zero-order valence-electron chi connectivity index (χ0n) is 15.1. The molecule has 27 heavy (non-hydrogen) atoms. The van der Waals surface area contributed by atoms with Gasteiger partial charge >= 0.3 is 6.03 Å². The number of halogens is 2. The van der Waals surface area contributed by atoms with Crippen molar-refractivity contribution in [1.29, 1.82) is 0 Å². The Balaban J connectivity index is 0.00000261. The molecule has 2 fully saturated rings. The smallest absolute Gasteiger partial charge is 0.329 e. The number of imide groups is 1. The highest BCUT2D eigenvalue weighted by Crippen LogP contribution is 2.24. The lowest BCUT2D eigenvalue weighted by molar-refractivity contribution is -0.132. The molecule has 2 aliphatic heterocycles. The number of urea groups is 1. The lowest BCUT2D eigenvalue weighted by Crippen LogP contribution is -2.41. The molecule has 1 aromatic rings. The van der Waals surface area contributed by atoms with Crippen LogP contribution in [0.25, 0.3) is 0 Å². The van der Waals surface area contributed by atoms with E-state index in [-0.39, 0.29) is 36.7 Å². The molecule has 2 N–H and O–H groups in total. The van der Waals surface area contributed by atoms with Gasteiger partial charge in [-0.25, -0.2) is 9.69 Å². The monoisotopic (exact) mass is 414 g/mol. The SMILES string of the molecule is CNCC1CCCN1C(=O)CCC1NC(=O)N(c2ccc(Cl)cc2)C1=O.Cl. The van der Waals surface area contributed by atoms with Gasteiger partial charge in [-0.05, 0) is 50.6 Å². The van der Waals surface area contributed by atoms with Crippen molar-refractivity contribution < 1.29 is 14.4 Å². The molecule has 9 heteroatoms. The van der Waals surface area contributed by atoms with Crippen LogP contribution in [0.3, 0.4) is 0 Å². The Bertz CT molecular complexity index is 698. The molecule has 2 heterocycles. The molecule has 2 atom stereocenters. The minimum absolute atomic E-state index is 0. The standard InChI is InChI=1S/C18H23ClN4O3.ClH/c1-20-11-14-3-2-10-22(14)16(24)9-8-15-17(25)23(18(26)21-15)13-6-4-12(19)5-7-13;/h4-7,14-15,20H,2-3,8-11H2,1H3,(H,21,26);1H. The summed E-state index contributed by atoms with van der Waals surface area (Å²) in [7, 11) is 1.87. The molecule has 7 nitrogen and oxygen atoms in total. The zero-order chi connectivity index (χ0) is 18.7. The van der Waals surface area contributed by atoms with Crippen LogP contribution in [-0.2, 0) is 9.59 Å².